The average molecular weight is 213 g/mol. The van der Waals surface area contributed by atoms with E-state index in [2.05, 4.69) is 29.4 Å². The minimum atomic E-state index is 0.00820. The van der Waals surface area contributed by atoms with Gasteiger partial charge in [0.2, 0.25) is 5.91 Å². The van der Waals surface area contributed by atoms with Crippen molar-refractivity contribution < 1.29 is 4.79 Å². The topological polar surface area (TPSA) is 44.4 Å². The molecule has 1 amide bonds. The summed E-state index contributed by atoms with van der Waals surface area (Å²) in [7, 11) is 4.06. The average Bonchev–Trinajstić information content (AvgIpc) is 2.66. The summed E-state index contributed by atoms with van der Waals surface area (Å²) < 4.78 is 0. The third-order valence-electron chi connectivity index (χ3n) is 3.28. The van der Waals surface area contributed by atoms with E-state index < -0.39 is 0 Å². The third-order valence-corrected chi connectivity index (χ3v) is 3.28. The van der Waals surface area contributed by atoms with Gasteiger partial charge >= 0.3 is 0 Å². The molecule has 15 heavy (non-hydrogen) atoms. The van der Waals surface area contributed by atoms with Crippen molar-refractivity contribution in [3.05, 3.63) is 0 Å². The van der Waals surface area contributed by atoms with Crippen LogP contribution in [-0.2, 0) is 4.79 Å². The minimum absolute atomic E-state index is 0.00820. The summed E-state index contributed by atoms with van der Waals surface area (Å²) in [5.41, 5.74) is 0.00820. The number of amides is 1. The minimum Gasteiger partial charge on any atom is -0.353 e. The highest BCUT2D eigenvalue weighted by molar-refractivity contribution is 5.82. The molecule has 0 aromatic carbocycles. The fourth-order valence-electron chi connectivity index (χ4n) is 1.49. The van der Waals surface area contributed by atoms with Crippen molar-refractivity contribution in [2.75, 3.05) is 27.2 Å². The van der Waals surface area contributed by atoms with E-state index >= 15 is 0 Å². The Morgan fingerprint density at radius 2 is 2.20 bits per heavy atom. The number of likely N-dealkylation sites (N-methyl/N-ethyl adjacent to an activating group) is 1. The molecular weight excluding hydrogens is 190 g/mol. The first-order valence-corrected chi connectivity index (χ1v) is 5.62. The molecule has 1 aliphatic rings. The Kier molecular flexibility index (Phi) is 4.11. The van der Waals surface area contributed by atoms with Crippen LogP contribution in [0.2, 0.25) is 0 Å². The van der Waals surface area contributed by atoms with Crippen LogP contribution in [0, 0.1) is 0 Å². The molecule has 2 N–H and O–H groups in total. The molecule has 0 spiro atoms. The highest BCUT2D eigenvalue weighted by atomic mass is 16.2. The van der Waals surface area contributed by atoms with Gasteiger partial charge in [-0.25, -0.2) is 0 Å². The number of nitrogens with one attached hydrogen (secondary N) is 2. The molecule has 4 nitrogen and oxygen atoms in total. The van der Waals surface area contributed by atoms with Crippen LogP contribution in [0.15, 0.2) is 0 Å². The van der Waals surface area contributed by atoms with Crippen LogP contribution in [0.3, 0.4) is 0 Å². The van der Waals surface area contributed by atoms with E-state index in [-0.39, 0.29) is 17.5 Å². The lowest BCUT2D eigenvalue weighted by molar-refractivity contribution is -0.123. The van der Waals surface area contributed by atoms with Crippen molar-refractivity contribution >= 4 is 5.91 Å². The van der Waals surface area contributed by atoms with Gasteiger partial charge < -0.3 is 15.5 Å². The fraction of sp³-hybridized carbons (Fsp3) is 0.909. The Morgan fingerprint density at radius 1 is 1.53 bits per heavy atom. The molecule has 0 bridgehead atoms. The molecule has 0 radical (unpaired) electrons. The first-order valence-electron chi connectivity index (χ1n) is 5.62. The van der Waals surface area contributed by atoms with Crippen molar-refractivity contribution in [3.63, 3.8) is 0 Å². The summed E-state index contributed by atoms with van der Waals surface area (Å²) in [6.45, 7) is 5.90. The smallest absolute Gasteiger partial charge is 0.237 e. The van der Waals surface area contributed by atoms with E-state index in [1.807, 2.05) is 14.1 Å². The maximum Gasteiger partial charge on any atom is 0.237 e. The molecule has 1 fully saturated rings. The molecule has 0 saturated carbocycles. The van der Waals surface area contributed by atoms with Crippen molar-refractivity contribution in [2.45, 2.75) is 38.3 Å². The molecule has 1 atom stereocenters. The molecule has 1 heterocycles. The van der Waals surface area contributed by atoms with Crippen LogP contribution in [0.1, 0.15) is 26.7 Å². The first-order chi connectivity index (χ1) is 6.93. The van der Waals surface area contributed by atoms with E-state index in [9.17, 15) is 4.79 Å². The van der Waals surface area contributed by atoms with Crippen LogP contribution >= 0.6 is 0 Å². The number of carbonyl (C=O) groups excluding carboxylic acids is 1. The van der Waals surface area contributed by atoms with E-state index in [1.165, 1.54) is 0 Å². The van der Waals surface area contributed by atoms with Gasteiger partial charge in [-0.2, -0.15) is 0 Å². The first kappa shape index (κ1) is 12.5. The molecule has 0 aromatic heterocycles. The van der Waals surface area contributed by atoms with Crippen LogP contribution in [-0.4, -0.2) is 49.6 Å². The lowest BCUT2D eigenvalue weighted by Crippen LogP contribution is -2.51. The molecule has 1 saturated heterocycles. The molecule has 1 aliphatic heterocycles. The molecule has 0 unspecified atom stereocenters. The Morgan fingerprint density at radius 3 is 2.67 bits per heavy atom. The van der Waals surface area contributed by atoms with Gasteiger partial charge in [0.15, 0.2) is 0 Å². The summed E-state index contributed by atoms with van der Waals surface area (Å²) in [4.78, 5) is 13.8. The normalized spacial score (nSPS) is 22.1. The number of hydrogen-bond donors (Lipinski definition) is 2. The Hall–Kier alpha value is -0.610. The van der Waals surface area contributed by atoms with Gasteiger partial charge in [0.1, 0.15) is 0 Å². The van der Waals surface area contributed by atoms with Gasteiger partial charge in [0.25, 0.3) is 0 Å². The number of rotatable bonds is 4. The van der Waals surface area contributed by atoms with E-state index in [0.29, 0.717) is 6.54 Å². The summed E-state index contributed by atoms with van der Waals surface area (Å²) >= 11 is 0. The second kappa shape index (κ2) is 4.94. The Labute approximate surface area is 92.4 Å². The van der Waals surface area contributed by atoms with Gasteiger partial charge in [0.05, 0.1) is 6.04 Å². The zero-order chi connectivity index (χ0) is 11.5. The molecule has 4 heteroatoms. The van der Waals surface area contributed by atoms with E-state index in [1.54, 1.807) is 0 Å². The van der Waals surface area contributed by atoms with Gasteiger partial charge in [-0.3, -0.25) is 4.79 Å². The maximum atomic E-state index is 11.7. The van der Waals surface area contributed by atoms with Crippen molar-refractivity contribution in [3.8, 4) is 0 Å². The second-order valence-corrected chi connectivity index (χ2v) is 5.07. The van der Waals surface area contributed by atoms with Gasteiger partial charge in [0, 0.05) is 12.1 Å². The monoisotopic (exact) mass is 213 g/mol. The lowest BCUT2D eigenvalue weighted by Gasteiger charge is -2.33. The van der Waals surface area contributed by atoms with Crippen LogP contribution in [0.25, 0.3) is 0 Å². The summed E-state index contributed by atoms with van der Waals surface area (Å²) in [5, 5.41) is 6.20. The molecule has 1 rings (SSSR count). The summed E-state index contributed by atoms with van der Waals surface area (Å²) in [5.74, 6) is 0.141. The molecule has 0 aliphatic carbocycles. The standard InChI is InChI=1S/C11H23N3O/c1-11(2,14(3)4)8-13-10(15)9-6-5-7-12-9/h9,12H,5-8H2,1-4H3,(H,13,15)/t9-/m0/s1. The van der Waals surface area contributed by atoms with Crippen molar-refractivity contribution in [2.24, 2.45) is 0 Å². The van der Waals surface area contributed by atoms with Crippen LogP contribution in [0.4, 0.5) is 0 Å². The molecule has 88 valence electrons. The van der Waals surface area contributed by atoms with Gasteiger partial charge in [-0.15, -0.1) is 0 Å². The van der Waals surface area contributed by atoms with E-state index in [0.717, 1.165) is 19.4 Å². The Balaban J connectivity index is 2.33. The quantitative estimate of drug-likeness (QED) is 0.701. The largest absolute Gasteiger partial charge is 0.353 e. The maximum absolute atomic E-state index is 11.7. The number of carbonyl (C=O) groups is 1. The summed E-state index contributed by atoms with van der Waals surface area (Å²) in [6.07, 6.45) is 2.07. The SMILES string of the molecule is CN(C)C(C)(C)CNC(=O)[C@@H]1CCCN1. The Bertz CT molecular complexity index is 220. The van der Waals surface area contributed by atoms with Crippen LogP contribution < -0.4 is 10.6 Å². The zero-order valence-electron chi connectivity index (χ0n) is 10.3. The zero-order valence-corrected chi connectivity index (χ0v) is 10.3. The van der Waals surface area contributed by atoms with E-state index in [4.69, 9.17) is 0 Å². The predicted octanol–water partition coefficient (Wildman–Crippen LogP) is 0.195. The second-order valence-electron chi connectivity index (χ2n) is 5.07. The lowest BCUT2D eigenvalue weighted by atomic mass is 10.0. The third kappa shape index (κ3) is 3.47. The van der Waals surface area contributed by atoms with Gasteiger partial charge in [-0.1, -0.05) is 0 Å². The summed E-state index contributed by atoms with van der Waals surface area (Å²) in [6, 6.07) is 0.0305. The van der Waals surface area contributed by atoms with Gasteiger partial charge in [-0.05, 0) is 47.3 Å². The number of nitrogens with zero attached hydrogens (tertiary/aromatic N) is 1. The van der Waals surface area contributed by atoms with Crippen LogP contribution in [0.5, 0.6) is 0 Å². The predicted molar refractivity (Wildman–Crippen MR) is 61.8 cm³/mol. The fourth-order valence-corrected chi connectivity index (χ4v) is 1.49. The highest BCUT2D eigenvalue weighted by Gasteiger charge is 2.25. The highest BCUT2D eigenvalue weighted by Crippen LogP contribution is 2.09. The molecular formula is C11H23N3O. The van der Waals surface area contributed by atoms with Crippen molar-refractivity contribution in [1.82, 2.24) is 15.5 Å². The number of hydrogen-bond acceptors (Lipinski definition) is 3. The molecule has 0 aromatic rings. The van der Waals surface area contributed by atoms with Crippen molar-refractivity contribution in [1.29, 1.82) is 0 Å².